The number of anilines is 2. The molecule has 27 heavy (non-hydrogen) atoms. The molecule has 3 aromatic rings. The van der Waals surface area contributed by atoms with Gasteiger partial charge in [0.05, 0.1) is 25.1 Å². The van der Waals surface area contributed by atoms with Gasteiger partial charge in [-0.2, -0.15) is 4.68 Å². The fourth-order valence-electron chi connectivity index (χ4n) is 2.33. The van der Waals surface area contributed by atoms with Crippen LogP contribution in [-0.2, 0) is 0 Å². The fraction of sp³-hybridized carbons (Fsp3) is 0.167. The van der Waals surface area contributed by atoms with Gasteiger partial charge in [0.1, 0.15) is 5.75 Å². The maximum atomic E-state index is 12.2. The molecule has 0 saturated heterocycles. The van der Waals surface area contributed by atoms with E-state index in [-0.39, 0.29) is 6.08 Å². The third kappa shape index (κ3) is 4.27. The number of urea groups is 1. The number of amides is 2. The first kappa shape index (κ1) is 18.1. The Morgan fingerprint density at radius 3 is 2.56 bits per heavy atom. The summed E-state index contributed by atoms with van der Waals surface area (Å²) in [7, 11) is 1.35. The van der Waals surface area contributed by atoms with Gasteiger partial charge in [-0.05, 0) is 43.3 Å². The third-order valence-electron chi connectivity index (χ3n) is 3.51. The summed E-state index contributed by atoms with van der Waals surface area (Å²) in [5, 5.41) is 9.32. The number of aromatic nitrogens is 2. The number of hydrogen-bond donors (Lipinski definition) is 2. The van der Waals surface area contributed by atoms with Crippen molar-refractivity contribution in [3.05, 3.63) is 59.1 Å². The van der Waals surface area contributed by atoms with Gasteiger partial charge in [-0.1, -0.05) is 17.2 Å². The summed E-state index contributed by atoms with van der Waals surface area (Å²) in [5.74, 6) is -0.0808. The Hall–Kier alpha value is -3.75. The molecule has 140 valence electrons. The number of hydrogen-bond acceptors (Lipinski definition) is 6. The highest BCUT2D eigenvalue weighted by molar-refractivity contribution is 6.00. The van der Waals surface area contributed by atoms with E-state index in [4.69, 9.17) is 13.9 Å². The molecule has 0 aliphatic carbocycles. The Bertz CT molecular complexity index is 978. The first-order valence-corrected chi connectivity index (χ1v) is 8.15. The molecule has 0 atom stereocenters. The predicted octanol–water partition coefficient (Wildman–Crippen LogP) is 2.88. The summed E-state index contributed by atoms with van der Waals surface area (Å²) < 4.78 is 16.1. The molecule has 2 aromatic carbocycles. The lowest BCUT2D eigenvalue weighted by Crippen LogP contribution is -2.20. The molecule has 0 aliphatic heterocycles. The van der Waals surface area contributed by atoms with E-state index in [0.717, 1.165) is 4.68 Å². The number of para-hydroxylation sites is 2. The number of methoxy groups -OCH3 is 1. The van der Waals surface area contributed by atoms with E-state index < -0.39 is 11.8 Å². The number of ether oxygens (including phenoxy) is 2. The summed E-state index contributed by atoms with van der Waals surface area (Å²) in [4.78, 5) is 23.9. The van der Waals surface area contributed by atoms with Gasteiger partial charge in [-0.3, -0.25) is 0 Å². The predicted molar refractivity (Wildman–Crippen MR) is 98.9 cm³/mol. The van der Waals surface area contributed by atoms with Gasteiger partial charge in [0.2, 0.25) is 0 Å². The largest absolute Gasteiger partial charge is 0.492 e. The lowest BCUT2D eigenvalue weighted by molar-refractivity contribution is 0.262. The summed E-state index contributed by atoms with van der Waals surface area (Å²) in [6.07, 6.45) is -0.130. The number of carbonyl (C=O) groups is 1. The van der Waals surface area contributed by atoms with Crippen molar-refractivity contribution in [3.8, 4) is 17.5 Å². The zero-order valence-electron chi connectivity index (χ0n) is 14.8. The van der Waals surface area contributed by atoms with Crippen LogP contribution in [0, 0.1) is 0 Å². The number of rotatable bonds is 6. The van der Waals surface area contributed by atoms with Crippen molar-refractivity contribution in [1.29, 1.82) is 0 Å². The minimum atomic E-state index is -0.669. The quantitative estimate of drug-likeness (QED) is 0.691. The minimum Gasteiger partial charge on any atom is -0.492 e. The first-order chi connectivity index (χ1) is 13.1. The third-order valence-corrected chi connectivity index (χ3v) is 3.51. The number of benzene rings is 2. The van der Waals surface area contributed by atoms with Crippen LogP contribution in [-0.4, -0.2) is 29.5 Å². The molecule has 0 aliphatic rings. The summed E-state index contributed by atoms with van der Waals surface area (Å²) >= 11 is 0. The van der Waals surface area contributed by atoms with Gasteiger partial charge in [0.15, 0.2) is 0 Å². The molecule has 2 N–H and O–H groups in total. The normalized spacial score (nSPS) is 10.3. The van der Waals surface area contributed by atoms with Crippen molar-refractivity contribution >= 4 is 17.4 Å². The van der Waals surface area contributed by atoms with Crippen LogP contribution in [0.5, 0.6) is 11.8 Å². The zero-order chi connectivity index (χ0) is 19.2. The molecular formula is C18H18N4O5. The van der Waals surface area contributed by atoms with Crippen molar-refractivity contribution in [2.45, 2.75) is 6.92 Å². The molecule has 0 saturated carbocycles. The van der Waals surface area contributed by atoms with Crippen LogP contribution in [0.1, 0.15) is 6.92 Å². The van der Waals surface area contributed by atoms with Gasteiger partial charge in [0, 0.05) is 5.69 Å². The second kappa shape index (κ2) is 8.09. The number of nitrogens with one attached hydrogen (secondary N) is 2. The van der Waals surface area contributed by atoms with Gasteiger partial charge < -0.3 is 24.5 Å². The van der Waals surface area contributed by atoms with E-state index in [1.807, 2.05) is 13.0 Å². The van der Waals surface area contributed by atoms with Crippen LogP contribution in [0.3, 0.4) is 0 Å². The topological polar surface area (TPSA) is 108 Å². The Morgan fingerprint density at radius 1 is 1.15 bits per heavy atom. The highest BCUT2D eigenvalue weighted by Crippen LogP contribution is 2.24. The zero-order valence-corrected chi connectivity index (χ0v) is 14.8. The Balaban J connectivity index is 1.68. The summed E-state index contributed by atoms with van der Waals surface area (Å²) in [6, 6.07) is 13.2. The van der Waals surface area contributed by atoms with Crippen molar-refractivity contribution < 1.29 is 18.7 Å². The Labute approximate surface area is 154 Å². The lowest BCUT2D eigenvalue weighted by Gasteiger charge is -2.12. The molecule has 3 rings (SSSR count). The smallest absolute Gasteiger partial charge is 0.444 e. The maximum Gasteiger partial charge on any atom is 0.444 e. The SMILES string of the molecule is CCOc1ccccc1NC(=O)Nc1ccc(-n2nc(OC)oc2=O)cc1. The second-order valence-corrected chi connectivity index (χ2v) is 5.30. The van der Waals surface area contributed by atoms with Crippen LogP contribution in [0.15, 0.2) is 57.7 Å². The van der Waals surface area contributed by atoms with Gasteiger partial charge in [-0.25, -0.2) is 9.59 Å². The second-order valence-electron chi connectivity index (χ2n) is 5.30. The van der Waals surface area contributed by atoms with Gasteiger partial charge in [0.25, 0.3) is 0 Å². The molecule has 9 heteroatoms. The fourth-order valence-corrected chi connectivity index (χ4v) is 2.33. The lowest BCUT2D eigenvalue weighted by atomic mass is 10.3. The number of carbonyl (C=O) groups excluding carboxylic acids is 1. The van der Waals surface area contributed by atoms with Crippen molar-refractivity contribution in [1.82, 2.24) is 9.78 Å². The monoisotopic (exact) mass is 370 g/mol. The Kier molecular flexibility index (Phi) is 5.41. The van der Waals surface area contributed by atoms with Crippen LogP contribution in [0.25, 0.3) is 5.69 Å². The van der Waals surface area contributed by atoms with Crippen molar-refractivity contribution in [2.75, 3.05) is 24.4 Å². The van der Waals surface area contributed by atoms with Gasteiger partial charge >= 0.3 is 17.9 Å². The maximum absolute atomic E-state index is 12.2. The average molecular weight is 370 g/mol. The highest BCUT2D eigenvalue weighted by Gasteiger charge is 2.11. The molecule has 0 radical (unpaired) electrons. The van der Waals surface area contributed by atoms with Crippen LogP contribution in [0.2, 0.25) is 0 Å². The van der Waals surface area contributed by atoms with Gasteiger partial charge in [-0.15, -0.1) is 0 Å². The molecular weight excluding hydrogens is 352 g/mol. The molecule has 0 unspecified atom stereocenters. The van der Waals surface area contributed by atoms with E-state index in [9.17, 15) is 9.59 Å². The molecule has 0 spiro atoms. The minimum absolute atomic E-state index is 0.130. The van der Waals surface area contributed by atoms with E-state index in [1.165, 1.54) is 7.11 Å². The van der Waals surface area contributed by atoms with E-state index in [1.54, 1.807) is 42.5 Å². The molecule has 1 heterocycles. The summed E-state index contributed by atoms with van der Waals surface area (Å²) in [6.45, 7) is 2.36. The number of nitrogens with zero attached hydrogens (tertiary/aromatic N) is 2. The summed E-state index contributed by atoms with van der Waals surface area (Å²) in [5.41, 5.74) is 1.57. The van der Waals surface area contributed by atoms with Crippen molar-refractivity contribution in [2.24, 2.45) is 0 Å². The first-order valence-electron chi connectivity index (χ1n) is 8.15. The van der Waals surface area contributed by atoms with E-state index >= 15 is 0 Å². The van der Waals surface area contributed by atoms with Crippen LogP contribution >= 0.6 is 0 Å². The average Bonchev–Trinajstić information content (AvgIpc) is 3.05. The van der Waals surface area contributed by atoms with E-state index in [2.05, 4.69) is 15.7 Å². The van der Waals surface area contributed by atoms with Crippen LogP contribution < -0.4 is 25.9 Å². The highest BCUT2D eigenvalue weighted by atomic mass is 16.6. The molecule has 9 nitrogen and oxygen atoms in total. The van der Waals surface area contributed by atoms with Crippen molar-refractivity contribution in [3.63, 3.8) is 0 Å². The molecule has 0 fully saturated rings. The van der Waals surface area contributed by atoms with E-state index in [0.29, 0.717) is 29.4 Å². The molecule has 0 bridgehead atoms. The van der Waals surface area contributed by atoms with Crippen LogP contribution in [0.4, 0.5) is 16.2 Å². The molecule has 2 amide bonds. The molecule has 1 aromatic heterocycles. The standard InChI is InChI=1S/C18H18N4O5/c1-3-26-15-7-5-4-6-14(15)20-16(23)19-12-8-10-13(11-9-12)22-18(24)27-17(21-22)25-2/h4-11H,3H2,1-2H3,(H2,19,20,23). The Morgan fingerprint density at radius 2 is 1.89 bits per heavy atom.